The summed E-state index contributed by atoms with van der Waals surface area (Å²) in [5.41, 5.74) is -1.20. The van der Waals surface area contributed by atoms with E-state index in [-0.39, 0.29) is 35.6 Å². The SMILES string of the molecule is N#Cc1nnc(-c2c[nH]c(=O)[nH]c2=O)cc1N1CCC(F)(F)C1. The van der Waals surface area contributed by atoms with Gasteiger partial charge in [-0.1, -0.05) is 0 Å². The lowest BCUT2D eigenvalue weighted by molar-refractivity contribution is 0.0257. The van der Waals surface area contributed by atoms with Crippen LogP contribution in [0.1, 0.15) is 12.1 Å². The van der Waals surface area contributed by atoms with E-state index < -0.39 is 23.7 Å². The molecule has 8 nitrogen and oxygen atoms in total. The summed E-state index contributed by atoms with van der Waals surface area (Å²) in [4.78, 5) is 28.5. The van der Waals surface area contributed by atoms with Crippen molar-refractivity contribution in [2.24, 2.45) is 0 Å². The minimum Gasteiger partial charge on any atom is -0.363 e. The van der Waals surface area contributed by atoms with Crippen LogP contribution in [0.2, 0.25) is 0 Å². The van der Waals surface area contributed by atoms with Crippen LogP contribution >= 0.6 is 0 Å². The van der Waals surface area contributed by atoms with Crippen LogP contribution in [0.15, 0.2) is 21.9 Å². The molecule has 3 rings (SSSR count). The predicted molar refractivity (Wildman–Crippen MR) is 75.2 cm³/mol. The predicted octanol–water partition coefficient (Wildman–Crippen LogP) is 0.237. The first-order valence-electron chi connectivity index (χ1n) is 6.62. The summed E-state index contributed by atoms with van der Waals surface area (Å²) in [7, 11) is 0. The number of anilines is 1. The van der Waals surface area contributed by atoms with Crippen molar-refractivity contribution in [2.45, 2.75) is 12.3 Å². The highest BCUT2D eigenvalue weighted by molar-refractivity contribution is 5.66. The van der Waals surface area contributed by atoms with Crippen LogP contribution < -0.4 is 16.1 Å². The monoisotopic (exact) mass is 320 g/mol. The molecule has 23 heavy (non-hydrogen) atoms. The molecule has 2 N–H and O–H groups in total. The number of aromatic nitrogens is 4. The number of H-pyrrole nitrogens is 2. The number of nitrogens with zero attached hydrogens (tertiary/aromatic N) is 4. The largest absolute Gasteiger partial charge is 0.363 e. The van der Waals surface area contributed by atoms with Crippen molar-refractivity contribution in [3.63, 3.8) is 0 Å². The topological polar surface area (TPSA) is 119 Å². The summed E-state index contributed by atoms with van der Waals surface area (Å²) in [5, 5.41) is 16.5. The number of rotatable bonds is 2. The van der Waals surface area contributed by atoms with Gasteiger partial charge >= 0.3 is 5.69 Å². The van der Waals surface area contributed by atoms with Crippen LogP contribution in [0.25, 0.3) is 11.3 Å². The van der Waals surface area contributed by atoms with E-state index in [0.29, 0.717) is 0 Å². The number of nitrogens with one attached hydrogen (secondary N) is 2. The smallest absolute Gasteiger partial charge is 0.325 e. The molecule has 0 unspecified atom stereocenters. The van der Waals surface area contributed by atoms with Gasteiger partial charge in [0.05, 0.1) is 17.8 Å². The highest BCUT2D eigenvalue weighted by Gasteiger charge is 2.39. The maximum absolute atomic E-state index is 13.4. The van der Waals surface area contributed by atoms with Crippen LogP contribution in [-0.4, -0.2) is 39.2 Å². The maximum atomic E-state index is 13.4. The molecule has 2 aromatic heterocycles. The van der Waals surface area contributed by atoms with Crippen molar-refractivity contribution in [1.29, 1.82) is 5.26 Å². The summed E-state index contributed by atoms with van der Waals surface area (Å²) in [5.74, 6) is -2.84. The maximum Gasteiger partial charge on any atom is 0.325 e. The summed E-state index contributed by atoms with van der Waals surface area (Å²) in [6.45, 7) is -0.469. The van der Waals surface area contributed by atoms with Crippen LogP contribution in [-0.2, 0) is 0 Å². The van der Waals surface area contributed by atoms with Gasteiger partial charge in [0.1, 0.15) is 11.8 Å². The average Bonchev–Trinajstić information content (AvgIpc) is 2.87. The van der Waals surface area contributed by atoms with Gasteiger partial charge in [-0.05, 0) is 6.07 Å². The Kier molecular flexibility index (Phi) is 3.40. The molecule has 10 heteroatoms. The number of alkyl halides is 2. The molecule has 1 fully saturated rings. The normalized spacial score (nSPS) is 16.3. The first-order valence-corrected chi connectivity index (χ1v) is 6.62. The number of hydrogen-bond acceptors (Lipinski definition) is 6. The molecule has 0 aliphatic carbocycles. The van der Waals surface area contributed by atoms with E-state index in [4.69, 9.17) is 5.26 Å². The molecule has 3 heterocycles. The van der Waals surface area contributed by atoms with E-state index in [9.17, 15) is 18.4 Å². The van der Waals surface area contributed by atoms with Gasteiger partial charge in [-0.15, -0.1) is 10.2 Å². The Bertz CT molecular complexity index is 914. The first-order chi connectivity index (χ1) is 10.9. The number of hydrogen-bond donors (Lipinski definition) is 2. The minimum atomic E-state index is -2.84. The van der Waals surface area contributed by atoms with Crippen LogP contribution in [0.3, 0.4) is 0 Å². The molecule has 0 saturated carbocycles. The number of halogens is 2. The third-order valence-electron chi connectivity index (χ3n) is 3.49. The second-order valence-corrected chi connectivity index (χ2v) is 5.09. The molecular formula is C13H10F2N6O2. The highest BCUT2D eigenvalue weighted by Crippen LogP contribution is 2.32. The van der Waals surface area contributed by atoms with Crippen LogP contribution in [0, 0.1) is 11.3 Å². The van der Waals surface area contributed by atoms with Crippen molar-refractivity contribution in [2.75, 3.05) is 18.0 Å². The molecule has 0 atom stereocenters. The van der Waals surface area contributed by atoms with Gasteiger partial charge < -0.3 is 9.88 Å². The molecule has 2 aromatic rings. The van der Waals surface area contributed by atoms with Crippen molar-refractivity contribution in [1.82, 2.24) is 20.2 Å². The fraction of sp³-hybridized carbons (Fsp3) is 0.308. The second-order valence-electron chi connectivity index (χ2n) is 5.09. The Balaban J connectivity index is 2.08. The Labute approximate surface area is 127 Å². The van der Waals surface area contributed by atoms with E-state index in [1.165, 1.54) is 11.0 Å². The van der Waals surface area contributed by atoms with Crippen LogP contribution in [0.4, 0.5) is 14.5 Å². The fourth-order valence-corrected chi connectivity index (χ4v) is 2.38. The minimum absolute atomic E-state index is 0.0220. The molecule has 0 aromatic carbocycles. The second kappa shape index (κ2) is 5.28. The van der Waals surface area contributed by atoms with E-state index in [0.717, 1.165) is 6.20 Å². The quantitative estimate of drug-likeness (QED) is 0.818. The molecule has 0 amide bonds. The number of nitriles is 1. The lowest BCUT2D eigenvalue weighted by Gasteiger charge is -2.19. The van der Waals surface area contributed by atoms with Gasteiger partial charge in [-0.2, -0.15) is 5.26 Å². The summed E-state index contributed by atoms with van der Waals surface area (Å²) >= 11 is 0. The van der Waals surface area contributed by atoms with Crippen molar-refractivity contribution in [3.05, 3.63) is 38.8 Å². The third-order valence-corrected chi connectivity index (χ3v) is 3.49. The molecule has 0 bridgehead atoms. The molecule has 0 spiro atoms. The molecule has 1 aliphatic rings. The summed E-state index contributed by atoms with van der Waals surface area (Å²) < 4.78 is 26.8. The molecule has 118 valence electrons. The van der Waals surface area contributed by atoms with Crippen LogP contribution in [0.5, 0.6) is 0 Å². The molecule has 1 aliphatic heterocycles. The summed E-state index contributed by atoms with van der Waals surface area (Å²) in [6.07, 6.45) is 0.828. The standard InChI is InChI=1S/C13H10F2N6O2/c14-13(15)1-2-21(6-13)10-3-8(19-20-9(10)4-16)7-5-17-12(23)18-11(7)22/h3,5H,1-2,6H2,(H2,17,18,22,23). The van der Waals surface area contributed by atoms with Gasteiger partial charge in [0, 0.05) is 19.2 Å². The Hall–Kier alpha value is -3.09. The van der Waals surface area contributed by atoms with E-state index >= 15 is 0 Å². The van der Waals surface area contributed by atoms with Gasteiger partial charge in [0.15, 0.2) is 5.69 Å². The van der Waals surface area contributed by atoms with Gasteiger partial charge in [0.25, 0.3) is 11.5 Å². The van der Waals surface area contributed by atoms with E-state index in [1.54, 1.807) is 6.07 Å². The zero-order valence-electron chi connectivity index (χ0n) is 11.6. The Morgan fingerprint density at radius 2 is 2.13 bits per heavy atom. The van der Waals surface area contributed by atoms with Crippen molar-refractivity contribution in [3.8, 4) is 17.3 Å². The zero-order valence-corrected chi connectivity index (χ0v) is 11.6. The van der Waals surface area contributed by atoms with Gasteiger partial charge in [0.2, 0.25) is 0 Å². The fourth-order valence-electron chi connectivity index (χ4n) is 2.38. The highest BCUT2D eigenvalue weighted by atomic mass is 19.3. The summed E-state index contributed by atoms with van der Waals surface area (Å²) in [6, 6.07) is 3.14. The van der Waals surface area contributed by atoms with E-state index in [2.05, 4.69) is 15.2 Å². The van der Waals surface area contributed by atoms with E-state index in [1.807, 2.05) is 4.98 Å². The van der Waals surface area contributed by atoms with Crippen molar-refractivity contribution < 1.29 is 8.78 Å². The average molecular weight is 320 g/mol. The zero-order chi connectivity index (χ0) is 16.6. The molecular weight excluding hydrogens is 310 g/mol. The Morgan fingerprint density at radius 1 is 1.35 bits per heavy atom. The van der Waals surface area contributed by atoms with Gasteiger partial charge in [-0.25, -0.2) is 13.6 Å². The Morgan fingerprint density at radius 3 is 2.74 bits per heavy atom. The lowest BCUT2D eigenvalue weighted by atomic mass is 10.2. The molecule has 0 radical (unpaired) electrons. The first kappa shape index (κ1) is 14.8. The van der Waals surface area contributed by atoms with Crippen molar-refractivity contribution >= 4 is 5.69 Å². The number of aromatic amines is 2. The van der Waals surface area contributed by atoms with Gasteiger partial charge in [-0.3, -0.25) is 9.78 Å². The lowest BCUT2D eigenvalue weighted by Crippen LogP contribution is -2.26. The molecule has 1 saturated heterocycles. The third kappa shape index (κ3) is 2.80.